The molecule has 2 aromatic heterocycles. The molecule has 346 valence electrons. The van der Waals surface area contributed by atoms with Crippen LogP contribution in [0.5, 0.6) is 0 Å². The number of ether oxygens (including phenoxy) is 1. The maximum Gasteiger partial charge on any atom is 0.419 e. The number of carboxylic acid groups (broad SMARTS) is 1. The molecule has 8 rings (SSSR count). The Hall–Kier alpha value is -6.40. The highest BCUT2D eigenvalue weighted by atomic mass is 19.4. The van der Waals surface area contributed by atoms with E-state index in [1.54, 1.807) is 23.6 Å². The van der Waals surface area contributed by atoms with Gasteiger partial charge in [0.05, 0.1) is 58.9 Å². The third-order valence-corrected chi connectivity index (χ3v) is 13.1. The van der Waals surface area contributed by atoms with Crippen LogP contribution in [-0.4, -0.2) is 91.1 Å². The van der Waals surface area contributed by atoms with Crippen LogP contribution in [0.15, 0.2) is 54.6 Å². The fourth-order valence-corrected chi connectivity index (χ4v) is 9.87. The first-order valence-electron chi connectivity index (χ1n) is 22.0. The van der Waals surface area contributed by atoms with Gasteiger partial charge < -0.3 is 45.1 Å². The molecule has 1 unspecified atom stereocenters. The zero-order valence-electron chi connectivity index (χ0n) is 36.7. The molecule has 5 heterocycles. The Labute approximate surface area is 372 Å². The Bertz CT molecular complexity index is 2610. The standard InChI is InChI=1S/C46H53F4N9O6/c1-23(2)38(55-44(62)63)42(60)57-18-6-8-36(57)40-51-30-14-10-25(20-32(30)53-40)34-16-17-35(59(34)27-12-13-28(29(47)22-27)46(48,49)50)26-11-15-31-33(21-26)54-41(52-31)37-9-7-19-58(37)43(61)39(24(3)4)56-45(64)65-5/h10-15,20-24,34-39,55H,6-9,16-19H2,1-5H3,(H,51,53)(H,52,54)(H,56,64)(H,62,63)/t34-,35?,36+,37+,38+,39+/m1/s1. The molecule has 65 heavy (non-hydrogen) atoms. The molecule has 0 saturated carbocycles. The first-order chi connectivity index (χ1) is 30.9. The average molecular weight is 904 g/mol. The number of aromatic nitrogens is 4. The van der Waals surface area contributed by atoms with E-state index in [1.165, 1.54) is 13.2 Å². The fourth-order valence-electron chi connectivity index (χ4n) is 9.87. The van der Waals surface area contributed by atoms with E-state index in [-0.39, 0.29) is 35.4 Å². The molecule has 15 nitrogen and oxygen atoms in total. The van der Waals surface area contributed by atoms with Gasteiger partial charge >= 0.3 is 18.4 Å². The molecule has 0 spiro atoms. The SMILES string of the molecule is COC(=O)N[C@H](C(=O)N1CCC[C@H]1c1nc2cc(C3CC[C@H](c4ccc5nc([C@@H]6CCCN6C(=O)[C@@H](NC(=O)O)C(C)C)[nH]c5c4)N3c3ccc(C(F)(F)F)c(F)c3)ccc2[nH]1)C(C)C. The van der Waals surface area contributed by atoms with Gasteiger partial charge in [-0.25, -0.2) is 23.9 Å². The van der Waals surface area contributed by atoms with Gasteiger partial charge in [0.2, 0.25) is 11.8 Å². The highest BCUT2D eigenvalue weighted by molar-refractivity contribution is 5.87. The molecule has 3 aliphatic heterocycles. The summed E-state index contributed by atoms with van der Waals surface area (Å²) >= 11 is 0. The normalized spacial score (nSPS) is 21.2. The third-order valence-electron chi connectivity index (χ3n) is 13.1. The van der Waals surface area contributed by atoms with Crippen LogP contribution < -0.4 is 15.5 Å². The van der Waals surface area contributed by atoms with E-state index in [1.807, 2.05) is 55.1 Å². The Kier molecular flexibility index (Phi) is 12.4. The van der Waals surface area contributed by atoms with Gasteiger partial charge in [0, 0.05) is 18.8 Å². The topological polar surface area (TPSA) is 189 Å². The van der Waals surface area contributed by atoms with E-state index in [0.717, 1.165) is 35.2 Å². The minimum Gasteiger partial charge on any atom is -0.465 e. The number of benzene rings is 3. The molecule has 3 fully saturated rings. The number of likely N-dealkylation sites (tertiary alicyclic amines) is 2. The van der Waals surface area contributed by atoms with Gasteiger partial charge in [0.15, 0.2) is 0 Å². The zero-order chi connectivity index (χ0) is 46.5. The van der Waals surface area contributed by atoms with E-state index in [0.29, 0.717) is 73.4 Å². The number of nitrogens with zero attached hydrogens (tertiary/aromatic N) is 5. The van der Waals surface area contributed by atoms with Crippen LogP contribution >= 0.6 is 0 Å². The van der Waals surface area contributed by atoms with Crippen LogP contribution in [-0.2, 0) is 20.5 Å². The number of alkyl carbamates (subject to hydrolysis) is 1. The molecule has 5 N–H and O–H groups in total. The Morgan fingerprint density at radius 3 is 1.83 bits per heavy atom. The number of anilines is 1. The predicted octanol–water partition coefficient (Wildman–Crippen LogP) is 8.68. The van der Waals surface area contributed by atoms with E-state index < -0.39 is 60.0 Å². The molecular formula is C46H53F4N9O6. The molecule has 19 heteroatoms. The number of fused-ring (bicyclic) bond motifs is 2. The Balaban J connectivity index is 1.10. The zero-order valence-corrected chi connectivity index (χ0v) is 36.7. The third kappa shape index (κ3) is 8.88. The molecule has 3 aromatic carbocycles. The molecule has 6 atom stereocenters. The fraction of sp³-hybridized carbons (Fsp3) is 0.478. The van der Waals surface area contributed by atoms with Crippen molar-refractivity contribution >= 4 is 51.8 Å². The molecular weight excluding hydrogens is 851 g/mol. The van der Waals surface area contributed by atoms with Crippen LogP contribution in [0, 0.1) is 17.7 Å². The van der Waals surface area contributed by atoms with Crippen molar-refractivity contribution in [3.05, 3.63) is 88.8 Å². The van der Waals surface area contributed by atoms with E-state index in [9.17, 15) is 37.5 Å². The van der Waals surface area contributed by atoms with Gasteiger partial charge in [-0.15, -0.1) is 0 Å². The summed E-state index contributed by atoms with van der Waals surface area (Å²) in [6, 6.07) is 11.1. The average Bonchev–Trinajstić information content (AvgIpc) is 4.11. The molecule has 3 aliphatic rings. The molecule has 4 amide bonds. The van der Waals surface area contributed by atoms with Gasteiger partial charge in [0.1, 0.15) is 29.5 Å². The second kappa shape index (κ2) is 17.9. The van der Waals surface area contributed by atoms with Gasteiger partial charge in [-0.1, -0.05) is 39.8 Å². The van der Waals surface area contributed by atoms with Crippen LogP contribution in [0.3, 0.4) is 0 Å². The molecule has 3 saturated heterocycles. The second-order valence-electron chi connectivity index (χ2n) is 17.9. The number of methoxy groups -OCH3 is 1. The number of halogens is 4. The number of imidazole rings is 2. The van der Waals surface area contributed by atoms with Crippen LogP contribution in [0.25, 0.3) is 22.1 Å². The summed E-state index contributed by atoms with van der Waals surface area (Å²) in [6.45, 7) is 8.17. The molecule has 0 bridgehead atoms. The van der Waals surface area contributed by atoms with Crippen LogP contribution in [0.2, 0.25) is 0 Å². The minimum atomic E-state index is -4.88. The summed E-state index contributed by atoms with van der Waals surface area (Å²) in [7, 11) is 1.24. The monoisotopic (exact) mass is 903 g/mol. The smallest absolute Gasteiger partial charge is 0.419 e. The van der Waals surface area contributed by atoms with Crippen molar-refractivity contribution in [3.8, 4) is 0 Å². The lowest BCUT2D eigenvalue weighted by Gasteiger charge is -2.33. The van der Waals surface area contributed by atoms with Crippen LogP contribution in [0.4, 0.5) is 32.8 Å². The number of hydrogen-bond acceptors (Lipinski definition) is 8. The largest absolute Gasteiger partial charge is 0.465 e. The predicted molar refractivity (Wildman–Crippen MR) is 232 cm³/mol. The lowest BCUT2D eigenvalue weighted by Crippen LogP contribution is -2.51. The summed E-state index contributed by atoms with van der Waals surface area (Å²) < 4.78 is 61.6. The van der Waals surface area contributed by atoms with E-state index >= 15 is 4.39 Å². The number of H-pyrrole nitrogens is 2. The summed E-state index contributed by atoms with van der Waals surface area (Å²) in [6.07, 6.45) is -3.01. The van der Waals surface area contributed by atoms with E-state index in [4.69, 9.17) is 14.7 Å². The number of aromatic amines is 2. The Morgan fingerprint density at radius 1 is 0.723 bits per heavy atom. The molecule has 0 radical (unpaired) electrons. The van der Waals surface area contributed by atoms with Gasteiger partial charge in [-0.3, -0.25) is 9.59 Å². The van der Waals surface area contributed by atoms with Crippen molar-refractivity contribution < 1.29 is 46.6 Å². The first kappa shape index (κ1) is 45.2. The van der Waals surface area contributed by atoms with Gasteiger partial charge in [-0.05, 0) is 104 Å². The van der Waals surface area contributed by atoms with E-state index in [2.05, 4.69) is 20.6 Å². The quantitative estimate of drug-likeness (QED) is 0.0808. The maximum absolute atomic E-state index is 15.4. The number of nitrogens with one attached hydrogen (secondary N) is 4. The lowest BCUT2D eigenvalue weighted by atomic mass is 10.0. The van der Waals surface area contributed by atoms with Crippen LogP contribution in [0.1, 0.15) is 119 Å². The summed E-state index contributed by atoms with van der Waals surface area (Å²) in [5.41, 5.74) is 3.19. The van der Waals surface area contributed by atoms with Crippen molar-refractivity contribution in [1.82, 2.24) is 40.4 Å². The summed E-state index contributed by atoms with van der Waals surface area (Å²) in [5, 5.41) is 14.4. The highest BCUT2D eigenvalue weighted by Gasteiger charge is 2.41. The number of hydrogen-bond donors (Lipinski definition) is 5. The summed E-state index contributed by atoms with van der Waals surface area (Å²) in [4.78, 5) is 73.0. The maximum atomic E-state index is 15.4. The number of rotatable bonds is 11. The van der Waals surface area contributed by atoms with Crippen molar-refractivity contribution in [3.63, 3.8) is 0 Å². The first-order valence-corrected chi connectivity index (χ1v) is 22.0. The van der Waals surface area contributed by atoms with Crippen molar-refractivity contribution in [2.75, 3.05) is 25.1 Å². The van der Waals surface area contributed by atoms with Crippen molar-refractivity contribution in [2.24, 2.45) is 11.8 Å². The second-order valence-corrected chi connectivity index (χ2v) is 17.9. The number of carbonyl (C=O) groups is 4. The van der Waals surface area contributed by atoms with Crippen molar-refractivity contribution in [2.45, 2.75) is 109 Å². The Morgan fingerprint density at radius 2 is 1.28 bits per heavy atom. The highest BCUT2D eigenvalue weighted by Crippen LogP contribution is 2.49. The molecule has 5 aromatic rings. The van der Waals surface area contributed by atoms with Gasteiger partial charge in [-0.2, -0.15) is 13.2 Å². The summed E-state index contributed by atoms with van der Waals surface area (Å²) in [5.74, 6) is -1.29. The number of alkyl halides is 3. The number of amides is 4. The number of carbonyl (C=O) groups excluding carboxylic acids is 3. The minimum absolute atomic E-state index is 0.204. The lowest BCUT2D eigenvalue weighted by molar-refractivity contribution is -0.140. The molecule has 0 aliphatic carbocycles. The van der Waals surface area contributed by atoms with Gasteiger partial charge in [0.25, 0.3) is 0 Å². The van der Waals surface area contributed by atoms with Crippen molar-refractivity contribution in [1.29, 1.82) is 0 Å².